The molecule has 0 radical (unpaired) electrons. The van der Waals surface area contributed by atoms with Gasteiger partial charge in [-0.05, 0) is 46.3 Å². The van der Waals surface area contributed by atoms with Crippen molar-refractivity contribution in [3.8, 4) is 0 Å². The Morgan fingerprint density at radius 2 is 1.86 bits per heavy atom. The molecule has 0 spiro atoms. The summed E-state index contributed by atoms with van der Waals surface area (Å²) < 4.78 is 14.7. The third kappa shape index (κ3) is 3.49. The molecule has 1 saturated carbocycles. The molecule has 21 heavy (non-hydrogen) atoms. The van der Waals surface area contributed by atoms with Gasteiger partial charge in [0.05, 0.1) is 4.47 Å². The maximum atomic E-state index is 14.0. The van der Waals surface area contributed by atoms with Crippen molar-refractivity contribution in [2.24, 2.45) is 5.92 Å². The predicted octanol–water partition coefficient (Wildman–Crippen LogP) is 4.11. The summed E-state index contributed by atoms with van der Waals surface area (Å²) in [7, 11) is 0. The molecule has 1 N–H and O–H groups in total. The van der Waals surface area contributed by atoms with Crippen LogP contribution in [0, 0.1) is 11.7 Å². The van der Waals surface area contributed by atoms with Gasteiger partial charge in [-0.15, -0.1) is 0 Å². The summed E-state index contributed by atoms with van der Waals surface area (Å²) in [6, 6.07) is 5.86. The van der Waals surface area contributed by atoms with Gasteiger partial charge in [0.2, 0.25) is 0 Å². The highest BCUT2D eigenvalue weighted by molar-refractivity contribution is 9.10. The number of nitrogens with one attached hydrogen (secondary N) is 1. The molecule has 1 aliphatic carbocycles. The monoisotopic (exact) mass is 354 g/mol. The quantitative estimate of drug-likeness (QED) is 0.878. The van der Waals surface area contributed by atoms with E-state index in [1.165, 1.54) is 32.1 Å². The van der Waals surface area contributed by atoms with E-state index in [4.69, 9.17) is 0 Å². The molecular weight excluding hydrogens is 331 g/mol. The molecule has 0 aromatic heterocycles. The number of rotatable bonds is 3. The van der Waals surface area contributed by atoms with Gasteiger partial charge in [0.25, 0.3) is 0 Å². The van der Waals surface area contributed by atoms with Crippen LogP contribution in [0.5, 0.6) is 0 Å². The first-order valence-corrected chi connectivity index (χ1v) is 8.95. The van der Waals surface area contributed by atoms with Crippen LogP contribution >= 0.6 is 15.9 Å². The van der Waals surface area contributed by atoms with Crippen molar-refractivity contribution in [3.05, 3.63) is 34.1 Å². The van der Waals surface area contributed by atoms with E-state index in [2.05, 4.69) is 32.2 Å². The molecule has 1 aliphatic heterocycles. The van der Waals surface area contributed by atoms with Crippen molar-refractivity contribution in [2.45, 2.75) is 38.1 Å². The van der Waals surface area contributed by atoms with Gasteiger partial charge in [0.15, 0.2) is 0 Å². The van der Waals surface area contributed by atoms with Crippen LogP contribution < -0.4 is 5.32 Å². The van der Waals surface area contributed by atoms with Crippen LogP contribution in [0.15, 0.2) is 22.7 Å². The van der Waals surface area contributed by atoms with E-state index in [9.17, 15) is 4.39 Å². The molecule has 1 aromatic rings. The molecule has 0 bridgehead atoms. The molecule has 116 valence electrons. The summed E-state index contributed by atoms with van der Waals surface area (Å²) in [6.45, 7) is 4.19. The van der Waals surface area contributed by atoms with Crippen LogP contribution in [-0.2, 0) is 0 Å². The average Bonchev–Trinajstić information content (AvgIpc) is 2.54. The Morgan fingerprint density at radius 1 is 1.14 bits per heavy atom. The fraction of sp³-hybridized carbons (Fsp3) is 0.647. The third-order valence-electron chi connectivity index (χ3n) is 4.94. The highest BCUT2D eigenvalue weighted by atomic mass is 79.9. The molecule has 1 heterocycles. The highest BCUT2D eigenvalue weighted by Crippen LogP contribution is 2.41. The normalized spacial score (nSPS) is 23.1. The zero-order valence-electron chi connectivity index (χ0n) is 12.5. The van der Waals surface area contributed by atoms with Gasteiger partial charge in [-0.25, -0.2) is 4.39 Å². The Balaban J connectivity index is 1.91. The van der Waals surface area contributed by atoms with Crippen LogP contribution in [0.2, 0.25) is 0 Å². The second-order valence-corrected chi connectivity index (χ2v) is 7.06. The molecule has 4 heteroatoms. The molecule has 1 aromatic carbocycles. The second-order valence-electron chi connectivity index (χ2n) is 6.27. The van der Waals surface area contributed by atoms with Crippen molar-refractivity contribution in [1.29, 1.82) is 0 Å². The first-order chi connectivity index (χ1) is 10.3. The molecule has 1 atom stereocenters. The summed E-state index contributed by atoms with van der Waals surface area (Å²) in [5.74, 6) is 0.526. The topological polar surface area (TPSA) is 15.3 Å². The van der Waals surface area contributed by atoms with E-state index >= 15 is 0 Å². The number of halogens is 2. The van der Waals surface area contributed by atoms with Crippen LogP contribution in [0.25, 0.3) is 0 Å². The van der Waals surface area contributed by atoms with Gasteiger partial charge in [-0.2, -0.15) is 0 Å². The van der Waals surface area contributed by atoms with E-state index in [0.717, 1.165) is 31.7 Å². The predicted molar refractivity (Wildman–Crippen MR) is 87.9 cm³/mol. The average molecular weight is 355 g/mol. The molecule has 3 rings (SSSR count). The molecule has 2 nitrogen and oxygen atoms in total. The van der Waals surface area contributed by atoms with Gasteiger partial charge >= 0.3 is 0 Å². The Labute approximate surface area is 135 Å². The summed E-state index contributed by atoms with van der Waals surface area (Å²) in [5.41, 5.74) is 1.14. The zero-order valence-corrected chi connectivity index (χ0v) is 14.0. The smallest absolute Gasteiger partial charge is 0.137 e. The first-order valence-electron chi connectivity index (χ1n) is 8.16. The molecule has 2 aliphatic rings. The molecule has 1 saturated heterocycles. The van der Waals surface area contributed by atoms with Gasteiger partial charge in [-0.3, -0.25) is 4.90 Å². The minimum atomic E-state index is -0.136. The molecule has 2 fully saturated rings. The van der Waals surface area contributed by atoms with E-state index in [1.54, 1.807) is 6.07 Å². The van der Waals surface area contributed by atoms with E-state index in [0.29, 0.717) is 16.4 Å². The lowest BCUT2D eigenvalue weighted by atomic mass is 9.80. The lowest BCUT2D eigenvalue weighted by molar-refractivity contribution is 0.102. The minimum Gasteiger partial charge on any atom is -0.314 e. The van der Waals surface area contributed by atoms with Crippen LogP contribution in [0.4, 0.5) is 4.39 Å². The molecular formula is C17H24BrFN2. The number of hydrogen-bond acceptors (Lipinski definition) is 2. The van der Waals surface area contributed by atoms with E-state index < -0.39 is 0 Å². The number of benzene rings is 1. The molecule has 0 unspecified atom stereocenters. The van der Waals surface area contributed by atoms with E-state index in [1.807, 2.05) is 6.07 Å². The van der Waals surface area contributed by atoms with Gasteiger partial charge in [-0.1, -0.05) is 31.4 Å². The Kier molecular flexibility index (Phi) is 5.30. The largest absolute Gasteiger partial charge is 0.314 e. The first kappa shape index (κ1) is 15.4. The lowest BCUT2D eigenvalue weighted by Crippen LogP contribution is -2.47. The number of piperazine rings is 1. The Morgan fingerprint density at radius 3 is 2.57 bits per heavy atom. The van der Waals surface area contributed by atoms with Crippen molar-refractivity contribution < 1.29 is 4.39 Å². The van der Waals surface area contributed by atoms with E-state index in [-0.39, 0.29) is 5.82 Å². The summed E-state index contributed by atoms with van der Waals surface area (Å²) in [6.07, 6.45) is 6.55. The van der Waals surface area contributed by atoms with Crippen LogP contribution in [0.3, 0.4) is 0 Å². The highest BCUT2D eigenvalue weighted by Gasteiger charge is 2.32. The molecule has 0 amide bonds. The van der Waals surface area contributed by atoms with Crippen LogP contribution in [-0.4, -0.2) is 31.1 Å². The number of hydrogen-bond donors (Lipinski definition) is 1. The minimum absolute atomic E-state index is 0.136. The third-order valence-corrected chi connectivity index (χ3v) is 5.78. The van der Waals surface area contributed by atoms with Crippen molar-refractivity contribution in [2.75, 3.05) is 26.2 Å². The summed E-state index contributed by atoms with van der Waals surface area (Å²) in [4.78, 5) is 2.56. The standard InChI is InChI=1S/C17H24BrFN2/c18-16-14(7-4-8-15(16)19)17(13-5-2-1-3-6-13)21-11-9-20-10-12-21/h4,7-8,13,17,20H,1-3,5-6,9-12H2/t17-/m1/s1. The maximum absolute atomic E-state index is 14.0. The zero-order chi connectivity index (χ0) is 14.7. The lowest BCUT2D eigenvalue weighted by Gasteiger charge is -2.41. The Hall–Kier alpha value is -0.450. The van der Waals surface area contributed by atoms with Crippen molar-refractivity contribution >= 4 is 15.9 Å². The second kappa shape index (κ2) is 7.21. The van der Waals surface area contributed by atoms with Crippen molar-refractivity contribution in [3.63, 3.8) is 0 Å². The van der Waals surface area contributed by atoms with Crippen molar-refractivity contribution in [1.82, 2.24) is 10.2 Å². The summed E-state index contributed by atoms with van der Waals surface area (Å²) >= 11 is 3.50. The SMILES string of the molecule is Fc1cccc([C@@H](C2CCCCC2)N2CCNCC2)c1Br. The van der Waals surface area contributed by atoms with Crippen LogP contribution in [0.1, 0.15) is 43.7 Å². The summed E-state index contributed by atoms with van der Waals surface area (Å²) in [5, 5.41) is 3.42. The van der Waals surface area contributed by atoms with Gasteiger partial charge in [0, 0.05) is 32.2 Å². The fourth-order valence-electron chi connectivity index (χ4n) is 3.91. The number of nitrogens with zero attached hydrogens (tertiary/aromatic N) is 1. The van der Waals surface area contributed by atoms with Gasteiger partial charge < -0.3 is 5.32 Å². The maximum Gasteiger partial charge on any atom is 0.137 e. The Bertz CT molecular complexity index is 450. The fourth-order valence-corrected chi connectivity index (χ4v) is 4.41. The van der Waals surface area contributed by atoms with Gasteiger partial charge in [0.1, 0.15) is 5.82 Å².